The van der Waals surface area contributed by atoms with Crippen molar-refractivity contribution in [1.82, 2.24) is 0 Å². The third-order valence-corrected chi connectivity index (χ3v) is 4.01. The van der Waals surface area contributed by atoms with Crippen LogP contribution >= 0.6 is 0 Å². The smallest absolute Gasteiger partial charge is 0.382 e. The van der Waals surface area contributed by atoms with E-state index < -0.39 is 38.3 Å². The normalized spacial score (nSPS) is 12.0. The molecule has 0 atom stereocenters. The van der Waals surface area contributed by atoms with Crippen molar-refractivity contribution >= 4 is 15.8 Å². The summed E-state index contributed by atoms with van der Waals surface area (Å²) in [5.74, 6) is -1.10. The molecule has 0 spiro atoms. The second kappa shape index (κ2) is 6.48. The molecule has 0 aliphatic rings. The number of hydrogen-bond acceptors (Lipinski definition) is 5. The summed E-state index contributed by atoms with van der Waals surface area (Å²) in [6, 6.07) is 8.17. The van der Waals surface area contributed by atoms with E-state index >= 15 is 0 Å². The van der Waals surface area contributed by atoms with Crippen LogP contribution in [-0.2, 0) is 22.0 Å². The van der Waals surface area contributed by atoms with Gasteiger partial charge in [0.25, 0.3) is 5.69 Å². The van der Waals surface area contributed by atoms with Crippen molar-refractivity contribution < 1.29 is 30.7 Å². The first-order chi connectivity index (χ1) is 11.1. The SMILES string of the molecule is O=[N+]([O-])c1ccc(CS(=O)(=O)Oc2cccc(C(F)(F)F)c2)cc1. The van der Waals surface area contributed by atoms with Gasteiger partial charge < -0.3 is 4.18 Å². The lowest BCUT2D eigenvalue weighted by Gasteiger charge is -2.10. The molecule has 2 aromatic carbocycles. The number of benzene rings is 2. The molecule has 0 saturated carbocycles. The van der Waals surface area contributed by atoms with Crippen molar-refractivity contribution in [3.05, 3.63) is 69.8 Å². The predicted molar refractivity (Wildman–Crippen MR) is 77.8 cm³/mol. The third kappa shape index (κ3) is 4.69. The zero-order valence-corrected chi connectivity index (χ0v) is 12.7. The molecule has 0 unspecified atom stereocenters. The number of nitro groups is 1. The summed E-state index contributed by atoms with van der Waals surface area (Å²) in [5.41, 5.74) is -1.05. The maximum absolute atomic E-state index is 12.6. The molecule has 0 aliphatic carbocycles. The first-order valence-electron chi connectivity index (χ1n) is 6.39. The average molecular weight is 361 g/mol. The zero-order valence-electron chi connectivity index (χ0n) is 11.9. The molecular weight excluding hydrogens is 351 g/mol. The van der Waals surface area contributed by atoms with Gasteiger partial charge in [-0.3, -0.25) is 10.1 Å². The van der Waals surface area contributed by atoms with Gasteiger partial charge >= 0.3 is 16.3 Å². The predicted octanol–water partition coefficient (Wildman–Crippen LogP) is 3.52. The molecule has 0 aromatic heterocycles. The van der Waals surface area contributed by atoms with Crippen molar-refractivity contribution in [3.8, 4) is 5.75 Å². The number of nitrogens with zero attached hydrogens (tertiary/aromatic N) is 1. The third-order valence-electron chi connectivity index (χ3n) is 2.88. The Balaban J connectivity index is 2.15. The molecular formula is C14H10F3NO5S. The Kier molecular flexibility index (Phi) is 4.78. The molecule has 0 heterocycles. The van der Waals surface area contributed by atoms with E-state index in [1.807, 2.05) is 0 Å². The van der Waals surface area contributed by atoms with Crippen molar-refractivity contribution in [2.75, 3.05) is 0 Å². The molecule has 0 bridgehead atoms. The summed E-state index contributed by atoms with van der Waals surface area (Å²) in [6.07, 6.45) is -4.62. The summed E-state index contributed by atoms with van der Waals surface area (Å²) in [5, 5.41) is 10.5. The number of hydrogen-bond donors (Lipinski definition) is 0. The van der Waals surface area contributed by atoms with Crippen molar-refractivity contribution in [1.29, 1.82) is 0 Å². The van der Waals surface area contributed by atoms with Crippen molar-refractivity contribution in [3.63, 3.8) is 0 Å². The molecule has 0 saturated heterocycles. The van der Waals surface area contributed by atoms with Crippen LogP contribution in [0.15, 0.2) is 48.5 Å². The maximum Gasteiger partial charge on any atom is 0.416 e. The van der Waals surface area contributed by atoms with Crippen LogP contribution in [0.25, 0.3) is 0 Å². The Morgan fingerprint density at radius 1 is 1.08 bits per heavy atom. The quantitative estimate of drug-likeness (QED) is 0.462. The van der Waals surface area contributed by atoms with Crippen LogP contribution in [0.2, 0.25) is 0 Å². The van der Waals surface area contributed by atoms with E-state index in [-0.39, 0.29) is 11.3 Å². The molecule has 0 amide bonds. The number of halogens is 3. The molecule has 0 aliphatic heterocycles. The Labute approximate surface area is 134 Å². The minimum Gasteiger partial charge on any atom is -0.382 e. The molecule has 2 aromatic rings. The van der Waals surface area contributed by atoms with E-state index in [4.69, 9.17) is 0 Å². The van der Waals surface area contributed by atoms with Crippen LogP contribution in [0, 0.1) is 10.1 Å². The second-order valence-corrected chi connectivity index (χ2v) is 6.31. The Bertz CT molecular complexity index is 847. The van der Waals surface area contributed by atoms with E-state index in [0.29, 0.717) is 6.07 Å². The molecule has 2 rings (SSSR count). The van der Waals surface area contributed by atoms with E-state index in [1.54, 1.807) is 0 Å². The second-order valence-electron chi connectivity index (χ2n) is 4.73. The van der Waals surface area contributed by atoms with Gasteiger partial charge in [0.05, 0.1) is 10.5 Å². The van der Waals surface area contributed by atoms with Gasteiger partial charge in [0, 0.05) is 12.1 Å². The minimum atomic E-state index is -4.62. The van der Waals surface area contributed by atoms with Gasteiger partial charge in [0.2, 0.25) is 0 Å². The fraction of sp³-hybridized carbons (Fsp3) is 0.143. The van der Waals surface area contributed by atoms with Crippen LogP contribution in [-0.4, -0.2) is 13.3 Å². The number of non-ortho nitro benzene ring substituents is 1. The van der Waals surface area contributed by atoms with Gasteiger partial charge in [0.15, 0.2) is 0 Å². The number of alkyl halides is 3. The van der Waals surface area contributed by atoms with Crippen molar-refractivity contribution in [2.45, 2.75) is 11.9 Å². The summed E-state index contributed by atoms with van der Waals surface area (Å²) < 4.78 is 66.3. The molecule has 0 radical (unpaired) electrons. The maximum atomic E-state index is 12.6. The van der Waals surface area contributed by atoms with Crippen molar-refractivity contribution in [2.24, 2.45) is 0 Å². The topological polar surface area (TPSA) is 86.5 Å². The standard InChI is InChI=1S/C14H10F3NO5S/c15-14(16,17)11-2-1-3-13(8-11)23-24(21,22)9-10-4-6-12(7-5-10)18(19)20/h1-8H,9H2. The highest BCUT2D eigenvalue weighted by molar-refractivity contribution is 7.86. The largest absolute Gasteiger partial charge is 0.416 e. The highest BCUT2D eigenvalue weighted by Gasteiger charge is 2.31. The summed E-state index contributed by atoms with van der Waals surface area (Å²) in [7, 11) is -4.22. The average Bonchev–Trinajstić information content (AvgIpc) is 2.46. The van der Waals surface area contributed by atoms with E-state index in [0.717, 1.165) is 30.3 Å². The van der Waals surface area contributed by atoms with E-state index in [1.165, 1.54) is 12.1 Å². The first-order valence-corrected chi connectivity index (χ1v) is 7.97. The highest BCUT2D eigenvalue weighted by atomic mass is 32.2. The lowest BCUT2D eigenvalue weighted by molar-refractivity contribution is -0.384. The number of nitro benzene ring substituents is 1. The van der Waals surface area contributed by atoms with Gasteiger partial charge in [-0.2, -0.15) is 21.6 Å². The van der Waals surface area contributed by atoms with Gasteiger partial charge in [-0.1, -0.05) is 18.2 Å². The summed E-state index contributed by atoms with van der Waals surface area (Å²) in [6.45, 7) is 0. The van der Waals surface area contributed by atoms with Gasteiger partial charge in [-0.15, -0.1) is 0 Å². The first kappa shape index (κ1) is 17.7. The Hall–Kier alpha value is -2.62. The van der Waals surface area contributed by atoms with Crippen LogP contribution in [0.4, 0.5) is 18.9 Å². The molecule has 6 nitrogen and oxygen atoms in total. The summed E-state index contributed by atoms with van der Waals surface area (Å²) in [4.78, 5) is 9.88. The van der Waals surface area contributed by atoms with Gasteiger partial charge in [-0.25, -0.2) is 0 Å². The monoisotopic (exact) mass is 361 g/mol. The fourth-order valence-corrected chi connectivity index (χ4v) is 2.87. The van der Waals surface area contributed by atoms with Crippen LogP contribution in [0.1, 0.15) is 11.1 Å². The van der Waals surface area contributed by atoms with Gasteiger partial charge in [-0.05, 0) is 23.8 Å². The minimum absolute atomic E-state index is 0.201. The Morgan fingerprint density at radius 2 is 1.71 bits per heavy atom. The highest BCUT2D eigenvalue weighted by Crippen LogP contribution is 2.31. The van der Waals surface area contributed by atoms with Gasteiger partial charge in [0.1, 0.15) is 11.5 Å². The van der Waals surface area contributed by atoms with Crippen LogP contribution < -0.4 is 4.18 Å². The van der Waals surface area contributed by atoms with E-state index in [2.05, 4.69) is 4.18 Å². The lowest BCUT2D eigenvalue weighted by atomic mass is 10.2. The Morgan fingerprint density at radius 3 is 2.25 bits per heavy atom. The molecule has 24 heavy (non-hydrogen) atoms. The molecule has 128 valence electrons. The van der Waals surface area contributed by atoms with E-state index in [9.17, 15) is 31.7 Å². The molecule has 10 heteroatoms. The lowest BCUT2D eigenvalue weighted by Crippen LogP contribution is -2.13. The van der Waals surface area contributed by atoms with Crippen LogP contribution in [0.5, 0.6) is 5.75 Å². The zero-order chi connectivity index (χ0) is 18.0. The van der Waals surface area contributed by atoms with Crippen LogP contribution in [0.3, 0.4) is 0 Å². The molecule has 0 N–H and O–H groups in total. The number of rotatable bonds is 5. The molecule has 0 fully saturated rings. The fourth-order valence-electron chi connectivity index (χ4n) is 1.82. The summed E-state index contributed by atoms with van der Waals surface area (Å²) >= 11 is 0.